The molecule has 122 valence electrons. The summed E-state index contributed by atoms with van der Waals surface area (Å²) in [5.41, 5.74) is 0.749. The fourth-order valence-electron chi connectivity index (χ4n) is 2.81. The Morgan fingerprint density at radius 3 is 2.52 bits per heavy atom. The molecule has 1 aromatic heterocycles. The number of aryl methyl sites for hydroxylation is 1. The van der Waals surface area contributed by atoms with Gasteiger partial charge >= 0.3 is 0 Å². The van der Waals surface area contributed by atoms with Crippen LogP contribution in [0.5, 0.6) is 0 Å². The first-order valence-corrected chi connectivity index (χ1v) is 8.10. The number of rotatable bonds is 4. The van der Waals surface area contributed by atoms with Crippen molar-refractivity contribution in [3.05, 3.63) is 47.6 Å². The molecular weight excluding hydrogens is 292 g/mol. The summed E-state index contributed by atoms with van der Waals surface area (Å²) in [4.78, 5) is 21.0. The normalized spacial score (nSPS) is 17.2. The van der Waals surface area contributed by atoms with Crippen LogP contribution < -0.4 is 0 Å². The number of hydrogen-bond donors (Lipinski definition) is 0. The maximum atomic E-state index is 12.5. The van der Waals surface area contributed by atoms with Crippen LogP contribution >= 0.6 is 0 Å². The predicted molar refractivity (Wildman–Crippen MR) is 86.0 cm³/mol. The number of hydrogen-bond acceptors (Lipinski definition) is 5. The molecule has 1 fully saturated rings. The van der Waals surface area contributed by atoms with E-state index >= 15 is 0 Å². The Morgan fingerprint density at radius 2 is 1.91 bits per heavy atom. The molecule has 6 heteroatoms. The van der Waals surface area contributed by atoms with Crippen LogP contribution in [0.1, 0.15) is 42.0 Å². The first-order chi connectivity index (χ1) is 11.2. The zero-order chi connectivity index (χ0) is 16.2. The van der Waals surface area contributed by atoms with Gasteiger partial charge in [-0.3, -0.25) is 9.69 Å². The quantitative estimate of drug-likeness (QED) is 0.865. The molecule has 0 saturated carbocycles. The minimum Gasteiger partial charge on any atom is -0.338 e. The molecule has 1 aromatic carbocycles. The van der Waals surface area contributed by atoms with E-state index in [1.807, 2.05) is 42.2 Å². The van der Waals surface area contributed by atoms with Gasteiger partial charge in [0.25, 0.3) is 5.91 Å². The number of carbonyl (C=O) groups excluding carboxylic acids is 1. The SMILES string of the molecule is CCc1noc([C@@H](C)N2CCN(C(=O)c3ccccc3)CC2)n1. The molecule has 23 heavy (non-hydrogen) atoms. The van der Waals surface area contributed by atoms with Crippen molar-refractivity contribution in [2.75, 3.05) is 26.2 Å². The fraction of sp³-hybridized carbons (Fsp3) is 0.471. The van der Waals surface area contributed by atoms with Gasteiger partial charge in [0.05, 0.1) is 6.04 Å². The standard InChI is InChI=1S/C17H22N4O2/c1-3-15-18-16(23-19-15)13(2)20-9-11-21(12-10-20)17(22)14-7-5-4-6-8-14/h4-8,13H,3,9-12H2,1-2H3/t13-/m1/s1. The van der Waals surface area contributed by atoms with Crippen molar-refractivity contribution in [2.24, 2.45) is 0 Å². The van der Waals surface area contributed by atoms with E-state index in [0.717, 1.165) is 30.9 Å². The van der Waals surface area contributed by atoms with E-state index in [1.54, 1.807) is 0 Å². The van der Waals surface area contributed by atoms with Gasteiger partial charge in [-0.25, -0.2) is 0 Å². The highest BCUT2D eigenvalue weighted by Crippen LogP contribution is 2.20. The van der Waals surface area contributed by atoms with Crippen molar-refractivity contribution in [1.29, 1.82) is 0 Å². The van der Waals surface area contributed by atoms with E-state index in [9.17, 15) is 4.79 Å². The summed E-state index contributed by atoms with van der Waals surface area (Å²) in [6, 6.07) is 9.52. The van der Waals surface area contributed by atoms with Gasteiger partial charge in [-0.1, -0.05) is 30.3 Å². The summed E-state index contributed by atoms with van der Waals surface area (Å²) in [7, 11) is 0. The lowest BCUT2D eigenvalue weighted by molar-refractivity contribution is 0.0551. The molecule has 1 amide bonds. The zero-order valence-corrected chi connectivity index (χ0v) is 13.6. The minimum absolute atomic E-state index is 0.0803. The second-order valence-electron chi connectivity index (χ2n) is 5.77. The predicted octanol–water partition coefficient (Wildman–Crippen LogP) is 2.15. The molecule has 0 unspecified atom stereocenters. The van der Waals surface area contributed by atoms with E-state index in [-0.39, 0.29) is 11.9 Å². The van der Waals surface area contributed by atoms with Crippen molar-refractivity contribution in [1.82, 2.24) is 19.9 Å². The van der Waals surface area contributed by atoms with Crippen molar-refractivity contribution < 1.29 is 9.32 Å². The number of benzene rings is 1. The average molecular weight is 314 g/mol. The lowest BCUT2D eigenvalue weighted by Gasteiger charge is -2.36. The Hall–Kier alpha value is -2.21. The van der Waals surface area contributed by atoms with Crippen LogP contribution in [-0.4, -0.2) is 52.0 Å². The number of carbonyl (C=O) groups is 1. The molecule has 0 radical (unpaired) electrons. The number of amides is 1. The van der Waals surface area contributed by atoms with Crippen LogP contribution in [0.15, 0.2) is 34.9 Å². The largest absolute Gasteiger partial charge is 0.338 e. The third-order valence-electron chi connectivity index (χ3n) is 4.33. The topological polar surface area (TPSA) is 62.5 Å². The first-order valence-electron chi connectivity index (χ1n) is 8.10. The van der Waals surface area contributed by atoms with Crippen LogP contribution in [0.3, 0.4) is 0 Å². The maximum Gasteiger partial charge on any atom is 0.253 e. The van der Waals surface area contributed by atoms with E-state index in [1.165, 1.54) is 0 Å². The third-order valence-corrected chi connectivity index (χ3v) is 4.33. The molecule has 1 aliphatic heterocycles. The first kappa shape index (κ1) is 15.7. The lowest BCUT2D eigenvalue weighted by atomic mass is 10.1. The van der Waals surface area contributed by atoms with Gasteiger partial charge in [-0.05, 0) is 19.1 Å². The molecule has 0 N–H and O–H groups in total. The van der Waals surface area contributed by atoms with Crippen LogP contribution in [-0.2, 0) is 6.42 Å². The maximum absolute atomic E-state index is 12.5. The third kappa shape index (κ3) is 3.42. The van der Waals surface area contributed by atoms with E-state index in [4.69, 9.17) is 4.52 Å². The summed E-state index contributed by atoms with van der Waals surface area (Å²) in [6.07, 6.45) is 0.773. The Labute approximate surface area is 136 Å². The number of nitrogens with zero attached hydrogens (tertiary/aromatic N) is 4. The minimum atomic E-state index is 0.0803. The molecule has 0 spiro atoms. The Kier molecular flexibility index (Phi) is 4.71. The molecule has 1 aliphatic rings. The highest BCUT2D eigenvalue weighted by Gasteiger charge is 2.27. The second kappa shape index (κ2) is 6.91. The smallest absolute Gasteiger partial charge is 0.253 e. The van der Waals surface area contributed by atoms with Gasteiger partial charge in [0, 0.05) is 38.2 Å². The van der Waals surface area contributed by atoms with Gasteiger partial charge < -0.3 is 9.42 Å². The van der Waals surface area contributed by atoms with Crippen molar-refractivity contribution >= 4 is 5.91 Å². The molecule has 0 aliphatic carbocycles. The van der Waals surface area contributed by atoms with Crippen LogP contribution in [0.25, 0.3) is 0 Å². The van der Waals surface area contributed by atoms with Gasteiger partial charge in [-0.2, -0.15) is 4.98 Å². The highest BCUT2D eigenvalue weighted by atomic mass is 16.5. The highest BCUT2D eigenvalue weighted by molar-refractivity contribution is 5.94. The fourth-order valence-corrected chi connectivity index (χ4v) is 2.81. The average Bonchev–Trinajstić information content (AvgIpc) is 3.10. The van der Waals surface area contributed by atoms with Gasteiger partial charge in [0.1, 0.15) is 0 Å². The molecule has 2 aromatic rings. The van der Waals surface area contributed by atoms with Gasteiger partial charge in [-0.15, -0.1) is 0 Å². The molecule has 1 atom stereocenters. The molecule has 2 heterocycles. The molecule has 0 bridgehead atoms. The summed E-state index contributed by atoms with van der Waals surface area (Å²) in [5.74, 6) is 1.50. The van der Waals surface area contributed by atoms with Crippen molar-refractivity contribution in [2.45, 2.75) is 26.3 Å². The lowest BCUT2D eigenvalue weighted by Crippen LogP contribution is -2.49. The summed E-state index contributed by atoms with van der Waals surface area (Å²) in [6.45, 7) is 7.13. The van der Waals surface area contributed by atoms with Crippen LogP contribution in [0.4, 0.5) is 0 Å². The number of piperazine rings is 1. The Morgan fingerprint density at radius 1 is 1.22 bits per heavy atom. The monoisotopic (exact) mass is 314 g/mol. The van der Waals surface area contributed by atoms with Gasteiger partial charge in [0.2, 0.25) is 5.89 Å². The second-order valence-corrected chi connectivity index (χ2v) is 5.77. The van der Waals surface area contributed by atoms with Crippen LogP contribution in [0.2, 0.25) is 0 Å². The van der Waals surface area contributed by atoms with Crippen LogP contribution in [0, 0.1) is 0 Å². The van der Waals surface area contributed by atoms with Crippen molar-refractivity contribution in [3.63, 3.8) is 0 Å². The number of aromatic nitrogens is 2. The summed E-state index contributed by atoms with van der Waals surface area (Å²) in [5, 5.41) is 3.96. The summed E-state index contributed by atoms with van der Waals surface area (Å²) >= 11 is 0. The Balaban J connectivity index is 1.58. The Bertz CT molecular complexity index is 648. The van der Waals surface area contributed by atoms with E-state index in [2.05, 4.69) is 22.0 Å². The molecule has 6 nitrogen and oxygen atoms in total. The molecule has 1 saturated heterocycles. The molecule has 3 rings (SSSR count). The summed E-state index contributed by atoms with van der Waals surface area (Å²) < 4.78 is 5.33. The van der Waals surface area contributed by atoms with E-state index < -0.39 is 0 Å². The van der Waals surface area contributed by atoms with E-state index in [0.29, 0.717) is 19.0 Å². The molecular formula is C17H22N4O2. The zero-order valence-electron chi connectivity index (χ0n) is 13.6. The van der Waals surface area contributed by atoms with Gasteiger partial charge in [0.15, 0.2) is 5.82 Å². The van der Waals surface area contributed by atoms with Crippen molar-refractivity contribution in [3.8, 4) is 0 Å².